The lowest BCUT2D eigenvalue weighted by Gasteiger charge is -2.11. The van der Waals surface area contributed by atoms with Crippen molar-refractivity contribution in [2.45, 2.75) is 44.6 Å². The Balaban J connectivity index is 1.98. The Morgan fingerprint density at radius 2 is 2.07 bits per heavy atom. The molecule has 0 spiro atoms. The molecule has 0 aromatic carbocycles. The molecule has 4 heteroatoms. The summed E-state index contributed by atoms with van der Waals surface area (Å²) in [5.41, 5.74) is 0. The number of hydrogen-bond acceptors (Lipinski definition) is 2. The van der Waals surface area contributed by atoms with Crippen LogP contribution in [0.4, 0.5) is 4.79 Å². The lowest BCUT2D eigenvalue weighted by Crippen LogP contribution is -2.33. The van der Waals surface area contributed by atoms with Crippen LogP contribution in [0.3, 0.4) is 0 Å². The highest BCUT2D eigenvalue weighted by Crippen LogP contribution is 2.17. The minimum atomic E-state index is -0.272. The summed E-state index contributed by atoms with van der Waals surface area (Å²) in [6.07, 6.45) is 6.11. The van der Waals surface area contributed by atoms with E-state index in [2.05, 4.69) is 5.32 Å². The van der Waals surface area contributed by atoms with Gasteiger partial charge in [0.2, 0.25) is 0 Å². The SMILES string of the molecule is O=C(NC1CCCC1)OCCCCCl. The Hall–Kier alpha value is -0.440. The molecule has 1 saturated carbocycles. The van der Waals surface area contributed by atoms with Crippen LogP contribution in [0.1, 0.15) is 38.5 Å². The Morgan fingerprint density at radius 1 is 1.36 bits per heavy atom. The van der Waals surface area contributed by atoms with Gasteiger partial charge in [0.05, 0.1) is 6.61 Å². The van der Waals surface area contributed by atoms with Crippen molar-refractivity contribution in [2.24, 2.45) is 0 Å². The third kappa shape index (κ3) is 4.70. The number of rotatable bonds is 5. The van der Waals surface area contributed by atoms with E-state index in [1.165, 1.54) is 12.8 Å². The van der Waals surface area contributed by atoms with Gasteiger partial charge in [-0.15, -0.1) is 11.6 Å². The number of halogens is 1. The minimum Gasteiger partial charge on any atom is -0.450 e. The molecule has 1 rings (SSSR count). The first-order chi connectivity index (χ1) is 6.83. The predicted molar refractivity (Wildman–Crippen MR) is 56.7 cm³/mol. The normalized spacial score (nSPS) is 16.9. The Labute approximate surface area is 90.1 Å². The van der Waals surface area contributed by atoms with Crippen LogP contribution in [-0.2, 0) is 4.74 Å². The fourth-order valence-electron chi connectivity index (χ4n) is 1.64. The van der Waals surface area contributed by atoms with Gasteiger partial charge in [-0.1, -0.05) is 12.8 Å². The van der Waals surface area contributed by atoms with Crippen molar-refractivity contribution in [2.75, 3.05) is 12.5 Å². The predicted octanol–water partition coefficient (Wildman–Crippen LogP) is 2.67. The van der Waals surface area contributed by atoms with Crippen molar-refractivity contribution >= 4 is 17.7 Å². The molecule has 0 aliphatic heterocycles. The summed E-state index contributed by atoms with van der Waals surface area (Å²) in [7, 11) is 0. The smallest absolute Gasteiger partial charge is 0.407 e. The summed E-state index contributed by atoms with van der Waals surface area (Å²) in [6.45, 7) is 0.477. The Morgan fingerprint density at radius 3 is 2.71 bits per heavy atom. The summed E-state index contributed by atoms with van der Waals surface area (Å²) in [5.74, 6) is 0.633. The van der Waals surface area contributed by atoms with Crippen molar-refractivity contribution in [3.05, 3.63) is 0 Å². The molecular formula is C10H18ClNO2. The summed E-state index contributed by atoms with van der Waals surface area (Å²) >= 11 is 5.50. The molecule has 82 valence electrons. The molecule has 0 aromatic rings. The van der Waals surface area contributed by atoms with Crippen LogP contribution in [-0.4, -0.2) is 24.6 Å². The fraction of sp³-hybridized carbons (Fsp3) is 0.900. The average Bonchev–Trinajstić information content (AvgIpc) is 2.65. The standard InChI is InChI=1S/C10H18ClNO2/c11-7-3-4-8-14-10(13)12-9-5-1-2-6-9/h9H,1-8H2,(H,12,13). The molecule has 0 radical (unpaired) electrons. The highest BCUT2D eigenvalue weighted by molar-refractivity contribution is 6.17. The first-order valence-corrected chi connectivity index (χ1v) is 5.85. The maximum absolute atomic E-state index is 11.2. The van der Waals surface area contributed by atoms with Gasteiger partial charge in [-0.05, 0) is 25.7 Å². The molecule has 1 fully saturated rings. The van der Waals surface area contributed by atoms with Crippen LogP contribution in [0.2, 0.25) is 0 Å². The number of alkyl carbamates (subject to hydrolysis) is 1. The lowest BCUT2D eigenvalue weighted by molar-refractivity contribution is 0.141. The van der Waals surface area contributed by atoms with Gasteiger partial charge >= 0.3 is 6.09 Å². The van der Waals surface area contributed by atoms with Crippen LogP contribution >= 0.6 is 11.6 Å². The monoisotopic (exact) mass is 219 g/mol. The number of hydrogen-bond donors (Lipinski definition) is 1. The van der Waals surface area contributed by atoms with Crippen LogP contribution < -0.4 is 5.32 Å². The summed E-state index contributed by atoms with van der Waals surface area (Å²) in [4.78, 5) is 11.2. The van der Waals surface area contributed by atoms with E-state index in [0.717, 1.165) is 25.7 Å². The van der Waals surface area contributed by atoms with E-state index in [0.29, 0.717) is 18.5 Å². The molecule has 14 heavy (non-hydrogen) atoms. The molecule has 0 aromatic heterocycles. The summed E-state index contributed by atoms with van der Waals surface area (Å²) in [6, 6.07) is 0.343. The van der Waals surface area contributed by atoms with Crippen molar-refractivity contribution in [3.63, 3.8) is 0 Å². The van der Waals surface area contributed by atoms with Gasteiger partial charge in [-0.2, -0.15) is 0 Å². The van der Waals surface area contributed by atoms with Gasteiger partial charge in [0.15, 0.2) is 0 Å². The average molecular weight is 220 g/mol. The number of unbranched alkanes of at least 4 members (excludes halogenated alkanes) is 1. The van der Waals surface area contributed by atoms with Gasteiger partial charge < -0.3 is 10.1 Å². The third-order valence-corrected chi connectivity index (χ3v) is 2.71. The largest absolute Gasteiger partial charge is 0.450 e. The van der Waals surface area contributed by atoms with E-state index >= 15 is 0 Å². The lowest BCUT2D eigenvalue weighted by atomic mass is 10.3. The zero-order valence-corrected chi connectivity index (χ0v) is 9.18. The highest BCUT2D eigenvalue weighted by Gasteiger charge is 2.17. The topological polar surface area (TPSA) is 38.3 Å². The maximum atomic E-state index is 11.2. The molecule has 0 saturated heterocycles. The quantitative estimate of drug-likeness (QED) is 0.570. The molecule has 1 aliphatic rings. The summed E-state index contributed by atoms with van der Waals surface area (Å²) in [5, 5.41) is 2.86. The second kappa shape index (κ2) is 6.93. The van der Waals surface area contributed by atoms with E-state index in [9.17, 15) is 4.79 Å². The zero-order valence-electron chi connectivity index (χ0n) is 8.43. The first-order valence-electron chi connectivity index (χ1n) is 5.32. The molecule has 0 unspecified atom stereocenters. The van der Waals surface area contributed by atoms with Gasteiger partial charge in [0, 0.05) is 11.9 Å². The van der Waals surface area contributed by atoms with Gasteiger partial charge in [-0.25, -0.2) is 4.79 Å². The van der Waals surface area contributed by atoms with Crippen LogP contribution in [0, 0.1) is 0 Å². The van der Waals surface area contributed by atoms with Crippen molar-refractivity contribution in [3.8, 4) is 0 Å². The number of amides is 1. The van der Waals surface area contributed by atoms with E-state index in [-0.39, 0.29) is 6.09 Å². The second-order valence-corrected chi connectivity index (χ2v) is 4.04. The first kappa shape index (κ1) is 11.6. The molecule has 0 bridgehead atoms. The molecule has 1 aliphatic carbocycles. The van der Waals surface area contributed by atoms with E-state index in [1.807, 2.05) is 0 Å². The number of nitrogens with one attached hydrogen (secondary N) is 1. The zero-order chi connectivity index (χ0) is 10.2. The molecular weight excluding hydrogens is 202 g/mol. The Bertz CT molecular complexity index is 170. The van der Waals surface area contributed by atoms with Gasteiger partial charge in [-0.3, -0.25) is 0 Å². The molecule has 0 heterocycles. The molecule has 3 nitrogen and oxygen atoms in total. The maximum Gasteiger partial charge on any atom is 0.407 e. The van der Waals surface area contributed by atoms with Crippen molar-refractivity contribution in [1.82, 2.24) is 5.32 Å². The molecule has 1 N–H and O–H groups in total. The number of carbonyl (C=O) groups excluding carboxylic acids is 1. The van der Waals surface area contributed by atoms with E-state index < -0.39 is 0 Å². The van der Waals surface area contributed by atoms with Crippen LogP contribution in [0.25, 0.3) is 0 Å². The van der Waals surface area contributed by atoms with E-state index in [4.69, 9.17) is 16.3 Å². The number of alkyl halides is 1. The van der Waals surface area contributed by atoms with Crippen LogP contribution in [0.5, 0.6) is 0 Å². The van der Waals surface area contributed by atoms with Gasteiger partial charge in [0.25, 0.3) is 0 Å². The second-order valence-electron chi connectivity index (χ2n) is 3.66. The Kier molecular flexibility index (Phi) is 5.76. The molecule has 1 amide bonds. The fourth-order valence-corrected chi connectivity index (χ4v) is 1.83. The number of carbonyl (C=O) groups is 1. The minimum absolute atomic E-state index is 0.272. The van der Waals surface area contributed by atoms with E-state index in [1.54, 1.807) is 0 Å². The van der Waals surface area contributed by atoms with Gasteiger partial charge in [0.1, 0.15) is 0 Å². The van der Waals surface area contributed by atoms with Crippen molar-refractivity contribution < 1.29 is 9.53 Å². The van der Waals surface area contributed by atoms with Crippen molar-refractivity contribution in [1.29, 1.82) is 0 Å². The third-order valence-electron chi connectivity index (χ3n) is 2.44. The van der Waals surface area contributed by atoms with Crippen LogP contribution in [0.15, 0.2) is 0 Å². The number of ether oxygens (including phenoxy) is 1. The highest BCUT2D eigenvalue weighted by atomic mass is 35.5. The summed E-state index contributed by atoms with van der Waals surface area (Å²) < 4.78 is 5.00. The molecule has 0 atom stereocenters.